The lowest BCUT2D eigenvalue weighted by Crippen LogP contribution is -2.37. The molecule has 10 nitrogen and oxygen atoms in total. The number of nitrogens with zero attached hydrogens (tertiary/aromatic N) is 2. The molecule has 46 heavy (non-hydrogen) atoms. The van der Waals surface area contributed by atoms with Crippen LogP contribution in [-0.2, 0) is 26.0 Å². The largest absolute Gasteiger partial charge is 0.461 e. The van der Waals surface area contributed by atoms with Crippen molar-refractivity contribution in [3.05, 3.63) is 53.5 Å². The van der Waals surface area contributed by atoms with Crippen LogP contribution >= 0.6 is 0 Å². The number of hydrogen-bond donors (Lipinski definition) is 3. The average molecular weight is 656 g/mol. The number of rotatable bonds is 12. The van der Waals surface area contributed by atoms with Crippen molar-refractivity contribution in [2.75, 3.05) is 43.8 Å². The van der Waals surface area contributed by atoms with Crippen molar-refractivity contribution < 1.29 is 27.1 Å². The van der Waals surface area contributed by atoms with Crippen molar-refractivity contribution in [2.45, 2.75) is 71.9 Å². The molecule has 1 aliphatic carbocycles. The summed E-state index contributed by atoms with van der Waals surface area (Å²) in [6, 6.07) is 9.50. The molecule has 0 saturated heterocycles. The van der Waals surface area contributed by atoms with Crippen LogP contribution in [0.25, 0.3) is 22.0 Å². The molecule has 0 atom stereocenters. The lowest BCUT2D eigenvalue weighted by Gasteiger charge is -2.32. The fourth-order valence-electron chi connectivity index (χ4n) is 6.92. The third kappa shape index (κ3) is 7.39. The van der Waals surface area contributed by atoms with Crippen molar-refractivity contribution in [3.8, 4) is 11.1 Å². The number of benzene rings is 2. The average Bonchev–Trinajstić information content (AvgIpc) is 3.30. The Labute approximate surface area is 270 Å². The Kier molecular flexibility index (Phi) is 10.1. The summed E-state index contributed by atoms with van der Waals surface area (Å²) in [4.78, 5) is 27.1. The molecule has 2 aliphatic rings. The summed E-state index contributed by atoms with van der Waals surface area (Å²) in [5.74, 6) is -1.41. The summed E-state index contributed by atoms with van der Waals surface area (Å²) in [6.07, 6.45) is 3.14. The molecule has 12 heteroatoms. The van der Waals surface area contributed by atoms with Crippen LogP contribution in [0.1, 0.15) is 69.4 Å². The fraction of sp³-hybridized carbons (Fsp3) is 0.529. The quantitative estimate of drug-likeness (QED) is 0.192. The van der Waals surface area contributed by atoms with Crippen molar-refractivity contribution in [1.82, 2.24) is 14.2 Å². The normalized spacial score (nSPS) is 20.4. The third-order valence-corrected chi connectivity index (χ3v) is 11.3. The van der Waals surface area contributed by atoms with Crippen molar-refractivity contribution in [3.63, 3.8) is 0 Å². The van der Waals surface area contributed by atoms with Gasteiger partial charge in [0, 0.05) is 41.5 Å². The molecule has 5 rings (SSSR count). The molecule has 4 N–H and O–H groups in total. The minimum Gasteiger partial charge on any atom is -0.461 e. The number of primary amides is 1. The number of aromatic nitrogens is 1. The molecule has 2 heterocycles. The van der Waals surface area contributed by atoms with Gasteiger partial charge >= 0.3 is 5.97 Å². The highest BCUT2D eigenvalue weighted by Crippen LogP contribution is 2.44. The van der Waals surface area contributed by atoms with E-state index in [-0.39, 0.29) is 30.4 Å². The Morgan fingerprint density at radius 2 is 1.80 bits per heavy atom. The number of halogens is 1. The minimum absolute atomic E-state index is 0.0172. The zero-order chi connectivity index (χ0) is 33.2. The van der Waals surface area contributed by atoms with Crippen LogP contribution in [0.4, 0.5) is 10.1 Å². The highest BCUT2D eigenvalue weighted by molar-refractivity contribution is 7.90. The molecule has 0 spiro atoms. The molecule has 0 radical (unpaired) electrons. The molecule has 1 fully saturated rings. The van der Waals surface area contributed by atoms with E-state index < -0.39 is 27.2 Å². The number of hydrogen-bond acceptors (Lipinski definition) is 8. The number of ether oxygens (including phenoxy) is 1. The first-order valence-electron chi connectivity index (χ1n) is 16.2. The van der Waals surface area contributed by atoms with Crippen molar-refractivity contribution >= 4 is 38.5 Å². The summed E-state index contributed by atoms with van der Waals surface area (Å²) < 4.78 is 48.4. The van der Waals surface area contributed by atoms with Crippen LogP contribution in [0, 0.1) is 11.2 Å². The summed E-state index contributed by atoms with van der Waals surface area (Å²) in [5.41, 5.74) is 8.44. The lowest BCUT2D eigenvalue weighted by molar-refractivity contribution is -0.149. The monoisotopic (exact) mass is 655 g/mol. The van der Waals surface area contributed by atoms with Crippen LogP contribution < -0.4 is 16.4 Å². The molecule has 2 aromatic carbocycles. The first kappa shape index (κ1) is 33.9. The highest BCUT2D eigenvalue weighted by atomic mass is 32.2. The van der Waals surface area contributed by atoms with Crippen molar-refractivity contribution in [1.29, 1.82) is 0 Å². The molecule has 0 bridgehead atoms. The zero-order valence-electron chi connectivity index (χ0n) is 27.2. The van der Waals surface area contributed by atoms with E-state index in [1.807, 2.05) is 19.9 Å². The van der Waals surface area contributed by atoms with Crippen LogP contribution in [0.2, 0.25) is 0 Å². The maximum absolute atomic E-state index is 14.4. The smallest absolute Gasteiger partial charge is 0.320 e. The molecule has 1 aliphatic heterocycles. The molecule has 250 valence electrons. The van der Waals surface area contributed by atoms with Gasteiger partial charge in [0.25, 0.3) is 5.91 Å². The molecule has 1 amide bonds. The van der Waals surface area contributed by atoms with Gasteiger partial charge in [0.05, 0.1) is 23.4 Å². The van der Waals surface area contributed by atoms with E-state index in [0.29, 0.717) is 58.2 Å². The van der Waals surface area contributed by atoms with E-state index >= 15 is 0 Å². The fourth-order valence-corrected chi connectivity index (χ4v) is 9.08. The van der Waals surface area contributed by atoms with Gasteiger partial charge < -0.3 is 26.0 Å². The van der Waals surface area contributed by atoms with Crippen LogP contribution in [0.5, 0.6) is 0 Å². The van der Waals surface area contributed by atoms with E-state index in [9.17, 15) is 22.4 Å². The van der Waals surface area contributed by atoms with Crippen molar-refractivity contribution in [2.24, 2.45) is 11.1 Å². The second-order valence-electron chi connectivity index (χ2n) is 13.3. The lowest BCUT2D eigenvalue weighted by atomic mass is 9.87. The predicted octanol–water partition coefficient (Wildman–Crippen LogP) is 4.50. The summed E-state index contributed by atoms with van der Waals surface area (Å²) >= 11 is 0. The minimum atomic E-state index is -3.74. The van der Waals surface area contributed by atoms with E-state index in [0.717, 1.165) is 39.0 Å². The van der Waals surface area contributed by atoms with E-state index in [1.165, 1.54) is 16.1 Å². The number of anilines is 1. The van der Waals surface area contributed by atoms with Gasteiger partial charge in [-0.3, -0.25) is 9.59 Å². The number of likely N-dealkylation sites (N-methyl/N-ethyl adjacent to an activating group) is 1. The SMILES string of the molecule is CCN(CC)CCNCC(=O)OC1CCC(Nc2cc(-c3c4n(c5cc(F)ccc35)S(=O)(=O)CC(C)(C)C4)ccc2C(N)=O)CC1. The summed E-state index contributed by atoms with van der Waals surface area (Å²) in [7, 11) is -3.74. The molecular weight excluding hydrogens is 609 g/mol. The Morgan fingerprint density at radius 1 is 1.09 bits per heavy atom. The first-order chi connectivity index (χ1) is 21.8. The number of nitrogens with two attached hydrogens (primary N) is 1. The van der Waals surface area contributed by atoms with Crippen LogP contribution in [-0.4, -0.2) is 79.8 Å². The van der Waals surface area contributed by atoms with Crippen LogP contribution in [0.15, 0.2) is 36.4 Å². The summed E-state index contributed by atoms with van der Waals surface area (Å²) in [6.45, 7) is 11.8. The molecule has 1 saturated carbocycles. The summed E-state index contributed by atoms with van der Waals surface area (Å²) in [5, 5.41) is 7.29. The van der Waals surface area contributed by atoms with Gasteiger partial charge in [-0.15, -0.1) is 0 Å². The molecule has 3 aromatic rings. The number of fused-ring (bicyclic) bond motifs is 3. The maximum Gasteiger partial charge on any atom is 0.320 e. The second kappa shape index (κ2) is 13.7. The third-order valence-electron chi connectivity index (χ3n) is 9.15. The van der Waals surface area contributed by atoms with Gasteiger partial charge in [0.2, 0.25) is 10.0 Å². The number of carbonyl (C=O) groups is 2. The first-order valence-corrected chi connectivity index (χ1v) is 17.8. The predicted molar refractivity (Wildman–Crippen MR) is 179 cm³/mol. The molecule has 0 unspecified atom stereocenters. The highest BCUT2D eigenvalue weighted by Gasteiger charge is 2.39. The number of nitrogens with one attached hydrogen (secondary N) is 2. The van der Waals surface area contributed by atoms with Gasteiger partial charge in [-0.1, -0.05) is 33.8 Å². The topological polar surface area (TPSA) is 136 Å². The Balaban J connectivity index is 1.33. The Morgan fingerprint density at radius 3 is 2.48 bits per heavy atom. The van der Waals surface area contributed by atoms with Gasteiger partial charge in [-0.25, -0.2) is 16.8 Å². The van der Waals surface area contributed by atoms with Gasteiger partial charge in [-0.2, -0.15) is 0 Å². The number of carbonyl (C=O) groups excluding carboxylic acids is 2. The van der Waals surface area contributed by atoms with Crippen LogP contribution in [0.3, 0.4) is 0 Å². The molecule has 1 aromatic heterocycles. The van der Waals surface area contributed by atoms with E-state index in [4.69, 9.17) is 10.5 Å². The molecular formula is C34H46FN5O5S. The second-order valence-corrected chi connectivity index (χ2v) is 15.1. The maximum atomic E-state index is 14.4. The van der Waals surface area contributed by atoms with E-state index in [1.54, 1.807) is 18.2 Å². The number of esters is 1. The standard InChI is InChI=1S/C34H46FN5O5S/c1-5-39(6-2)16-15-37-20-31(41)45-25-11-9-24(10-12-25)38-28-17-22(7-13-26(28)33(36)42)32-27-14-8-23(35)18-29(27)40-30(32)19-34(3,4)21-46(40,43)44/h7-8,13-14,17-18,24-25,37-38H,5-6,9-12,15-16,19-21H2,1-4H3,(H2,36,42). The zero-order valence-corrected chi connectivity index (χ0v) is 28.0. The Hall–Kier alpha value is -3.48. The van der Waals surface area contributed by atoms with Gasteiger partial charge in [0.15, 0.2) is 0 Å². The van der Waals surface area contributed by atoms with Gasteiger partial charge in [0.1, 0.15) is 11.9 Å². The van der Waals surface area contributed by atoms with E-state index in [2.05, 4.69) is 29.4 Å². The Bertz CT molecular complexity index is 1710. The number of amides is 1. The van der Waals surface area contributed by atoms with Gasteiger partial charge in [-0.05, 0) is 86.5 Å².